The van der Waals surface area contributed by atoms with Gasteiger partial charge in [-0.2, -0.15) is 0 Å². The molecule has 0 aliphatic carbocycles. The van der Waals surface area contributed by atoms with Gasteiger partial charge in [0.1, 0.15) is 27.6 Å². The highest BCUT2D eigenvalue weighted by atomic mass is 32.2. The van der Waals surface area contributed by atoms with Crippen LogP contribution in [0.4, 0.5) is 8.78 Å². The molecule has 1 unspecified atom stereocenters. The summed E-state index contributed by atoms with van der Waals surface area (Å²) in [5, 5.41) is 0. The molecule has 0 radical (unpaired) electrons. The van der Waals surface area contributed by atoms with E-state index >= 15 is 4.39 Å². The molecule has 4 rings (SSSR count). The Morgan fingerprint density at radius 3 is 2.50 bits per heavy atom. The van der Waals surface area contributed by atoms with Crippen LogP contribution in [0.5, 0.6) is 0 Å². The number of hydrogen-bond donors (Lipinski definition) is 1. The van der Waals surface area contributed by atoms with E-state index in [0.29, 0.717) is 5.56 Å². The molecule has 194 valence electrons. The number of rotatable bonds is 5. The number of nitrogens with two attached hydrogens (primary N) is 1. The molecule has 36 heavy (non-hydrogen) atoms. The summed E-state index contributed by atoms with van der Waals surface area (Å²) in [6.45, 7) is 0.850. The molecule has 1 aromatic heterocycles. The summed E-state index contributed by atoms with van der Waals surface area (Å²) in [7, 11) is -6.86. The van der Waals surface area contributed by atoms with Gasteiger partial charge >= 0.3 is 0 Å². The second-order valence-electron chi connectivity index (χ2n) is 9.13. The monoisotopic (exact) mass is 541 g/mol. The minimum absolute atomic E-state index is 0.00804. The highest BCUT2D eigenvalue weighted by Gasteiger charge is 2.66. The first-order valence-corrected chi connectivity index (χ1v) is 14.1. The first kappa shape index (κ1) is 26.1. The average molecular weight is 542 g/mol. The van der Waals surface area contributed by atoms with E-state index in [4.69, 9.17) is 5.73 Å². The summed E-state index contributed by atoms with van der Waals surface area (Å²) < 4.78 is 80.5. The van der Waals surface area contributed by atoms with E-state index in [0.717, 1.165) is 33.2 Å². The number of carbonyl (C=O) groups is 1. The van der Waals surface area contributed by atoms with Crippen LogP contribution in [0.2, 0.25) is 0 Å². The number of Topliss-reactive ketones (excluding diaryl/α,β-unsaturated/α-hetero) is 1. The van der Waals surface area contributed by atoms with Crippen LogP contribution >= 0.6 is 0 Å². The van der Waals surface area contributed by atoms with Crippen molar-refractivity contribution in [2.45, 2.75) is 30.1 Å². The highest BCUT2D eigenvalue weighted by molar-refractivity contribution is 7.91. The van der Waals surface area contributed by atoms with Gasteiger partial charge in [-0.15, -0.1) is 0 Å². The molecular formula is C22H25F2N5O5S2. The number of benzene rings is 1. The molecule has 2 N–H and O–H groups in total. The predicted molar refractivity (Wildman–Crippen MR) is 128 cm³/mol. The molecule has 1 spiro atoms. The lowest BCUT2D eigenvalue weighted by molar-refractivity contribution is 0.0988. The maximum atomic E-state index is 15.4. The van der Waals surface area contributed by atoms with Crippen molar-refractivity contribution in [1.82, 2.24) is 13.6 Å². The summed E-state index contributed by atoms with van der Waals surface area (Å²) >= 11 is 0. The van der Waals surface area contributed by atoms with Gasteiger partial charge < -0.3 is 5.73 Å². The molecule has 1 aromatic carbocycles. The zero-order valence-corrected chi connectivity index (χ0v) is 21.4. The minimum Gasteiger partial charge on any atom is -0.369 e. The molecular weight excluding hydrogens is 516 g/mol. The van der Waals surface area contributed by atoms with E-state index in [2.05, 4.69) is 9.98 Å². The summed E-state index contributed by atoms with van der Waals surface area (Å²) in [6, 6.07) is 6.11. The van der Waals surface area contributed by atoms with E-state index in [1.165, 1.54) is 32.2 Å². The molecule has 2 aliphatic rings. The third-order valence-electron chi connectivity index (χ3n) is 7.00. The van der Waals surface area contributed by atoms with Crippen LogP contribution in [0.1, 0.15) is 35.0 Å². The number of ketones is 1. The Hall–Kier alpha value is -2.97. The van der Waals surface area contributed by atoms with E-state index in [9.17, 15) is 26.0 Å². The molecule has 14 heteroatoms. The molecule has 0 bridgehead atoms. The smallest absolute Gasteiger partial charge is 0.247 e. The average Bonchev–Trinajstić information content (AvgIpc) is 3.28. The minimum atomic E-state index is -4.31. The van der Waals surface area contributed by atoms with Crippen molar-refractivity contribution < 1.29 is 30.4 Å². The van der Waals surface area contributed by atoms with Crippen molar-refractivity contribution in [2.24, 2.45) is 10.7 Å². The van der Waals surface area contributed by atoms with Gasteiger partial charge in [0, 0.05) is 32.1 Å². The zero-order valence-electron chi connectivity index (χ0n) is 19.8. The van der Waals surface area contributed by atoms with Gasteiger partial charge in [0.05, 0.1) is 12.5 Å². The number of pyridine rings is 1. The van der Waals surface area contributed by atoms with Crippen LogP contribution < -0.4 is 5.73 Å². The fraction of sp³-hybridized carbons (Fsp3) is 0.409. The van der Waals surface area contributed by atoms with Crippen LogP contribution in [0.25, 0.3) is 0 Å². The Labute approximate surface area is 207 Å². The second kappa shape index (κ2) is 8.56. The van der Waals surface area contributed by atoms with E-state index in [1.54, 1.807) is 0 Å². The van der Waals surface area contributed by atoms with Crippen LogP contribution in [-0.4, -0.2) is 73.3 Å². The van der Waals surface area contributed by atoms with Crippen molar-refractivity contribution in [1.29, 1.82) is 0 Å². The van der Waals surface area contributed by atoms with E-state index in [1.807, 2.05) is 0 Å². The van der Waals surface area contributed by atoms with Crippen LogP contribution in [-0.2, 0) is 32.0 Å². The van der Waals surface area contributed by atoms with Gasteiger partial charge in [-0.05, 0) is 43.2 Å². The van der Waals surface area contributed by atoms with Crippen LogP contribution in [0, 0.1) is 11.6 Å². The Bertz CT molecular complexity index is 1480. The van der Waals surface area contributed by atoms with Crippen molar-refractivity contribution in [3.8, 4) is 0 Å². The lowest BCUT2D eigenvalue weighted by atomic mass is 9.77. The number of guanidine groups is 1. The predicted octanol–water partition coefficient (Wildman–Crippen LogP) is 0.994. The quantitative estimate of drug-likeness (QED) is 0.556. The molecule has 2 aromatic rings. The standard InChI is InChI=1S/C22H25F2N5O5S2/c1-21(16-10-14(4-6-17(16)24)11-19(30)18-7-5-15(23)12-26-18)22(8-9-29(13-22)35(3,31)32)36(33,34)28(2)20(25)27-21/h4-7,10,12H,8-9,11,13H2,1-3H3,(H2,25,27)/t21-,22?/m1/s1. The van der Waals surface area contributed by atoms with E-state index < -0.39 is 54.3 Å². The van der Waals surface area contributed by atoms with Crippen LogP contribution in [0.15, 0.2) is 41.5 Å². The number of nitrogens with zero attached hydrogens (tertiary/aromatic N) is 4. The van der Waals surface area contributed by atoms with Gasteiger partial charge in [-0.3, -0.25) is 9.78 Å². The van der Waals surface area contributed by atoms with Gasteiger partial charge in [-0.25, -0.2) is 39.2 Å². The first-order valence-electron chi connectivity index (χ1n) is 10.8. The second-order valence-corrected chi connectivity index (χ2v) is 13.4. The number of aromatic nitrogens is 1. The van der Waals surface area contributed by atoms with Gasteiger partial charge in [-0.1, -0.05) is 6.07 Å². The number of hydrogen-bond acceptors (Lipinski definition) is 8. The SMILES string of the molecule is CN1C(N)=N[C@](C)(c2cc(CC(=O)c3ccc(F)cn3)ccc2F)C2(CCN(S(C)(=O)=O)C2)S1(=O)=O. The van der Waals surface area contributed by atoms with Crippen molar-refractivity contribution in [3.05, 3.63) is 65.0 Å². The Morgan fingerprint density at radius 1 is 1.22 bits per heavy atom. The van der Waals surface area contributed by atoms with Gasteiger partial charge in [0.2, 0.25) is 26.0 Å². The number of sulfonamides is 2. The fourth-order valence-corrected chi connectivity index (χ4v) is 7.95. The maximum Gasteiger partial charge on any atom is 0.247 e. The third kappa shape index (κ3) is 3.96. The Morgan fingerprint density at radius 2 is 1.92 bits per heavy atom. The van der Waals surface area contributed by atoms with Gasteiger partial charge in [0.15, 0.2) is 5.78 Å². The summed E-state index contributed by atoms with van der Waals surface area (Å²) in [6.07, 6.45) is 1.50. The van der Waals surface area contributed by atoms with Crippen molar-refractivity contribution in [3.63, 3.8) is 0 Å². The first-order chi connectivity index (χ1) is 16.6. The Balaban J connectivity index is 1.84. The molecule has 0 saturated carbocycles. The molecule has 0 amide bonds. The number of carbonyl (C=O) groups excluding carboxylic acids is 1. The maximum absolute atomic E-state index is 15.4. The largest absolute Gasteiger partial charge is 0.369 e. The molecule has 3 heterocycles. The zero-order chi connectivity index (χ0) is 26.7. The highest BCUT2D eigenvalue weighted by Crippen LogP contribution is 2.52. The molecule has 2 aliphatic heterocycles. The summed E-state index contributed by atoms with van der Waals surface area (Å²) in [5.41, 5.74) is 4.32. The summed E-state index contributed by atoms with van der Waals surface area (Å²) in [5.74, 6) is -2.23. The lowest BCUT2D eigenvalue weighted by Gasteiger charge is -2.48. The Kier molecular flexibility index (Phi) is 6.21. The van der Waals surface area contributed by atoms with Crippen LogP contribution in [0.3, 0.4) is 0 Å². The van der Waals surface area contributed by atoms with Crippen molar-refractivity contribution >= 4 is 31.8 Å². The number of halogens is 2. The third-order valence-corrected chi connectivity index (χ3v) is 10.9. The van der Waals surface area contributed by atoms with Crippen molar-refractivity contribution in [2.75, 3.05) is 26.4 Å². The lowest BCUT2D eigenvalue weighted by Crippen LogP contribution is -2.66. The number of aliphatic imine (C=N–C) groups is 1. The summed E-state index contributed by atoms with van der Waals surface area (Å²) in [4.78, 5) is 20.8. The topological polar surface area (TPSA) is 143 Å². The normalized spacial score (nSPS) is 26.2. The van der Waals surface area contributed by atoms with Gasteiger partial charge in [0.25, 0.3) is 0 Å². The molecule has 1 fully saturated rings. The molecule has 2 atom stereocenters. The molecule has 10 nitrogen and oxygen atoms in total. The molecule has 1 saturated heterocycles. The van der Waals surface area contributed by atoms with E-state index in [-0.39, 0.29) is 36.6 Å². The fourth-order valence-electron chi connectivity index (χ4n) is 4.85.